The Labute approximate surface area is 142 Å². The smallest absolute Gasteiger partial charge is 0.246 e. The summed E-state index contributed by atoms with van der Waals surface area (Å²) in [5.41, 5.74) is 1.03. The maximum Gasteiger partial charge on any atom is 0.246 e. The molecular formula is C19H23N3O2. The van der Waals surface area contributed by atoms with Crippen LogP contribution in [0.3, 0.4) is 0 Å². The number of rotatable bonds is 4. The van der Waals surface area contributed by atoms with Crippen LogP contribution in [0.4, 0.5) is 0 Å². The van der Waals surface area contributed by atoms with Gasteiger partial charge in [-0.25, -0.2) is 0 Å². The molecule has 1 saturated heterocycles. The zero-order valence-electron chi connectivity index (χ0n) is 14.2. The van der Waals surface area contributed by atoms with Crippen LogP contribution in [0.25, 0.3) is 6.08 Å². The van der Waals surface area contributed by atoms with Crippen molar-refractivity contribution in [3.8, 4) is 0 Å². The first-order chi connectivity index (χ1) is 11.6. The van der Waals surface area contributed by atoms with Crippen LogP contribution < -0.4 is 0 Å². The van der Waals surface area contributed by atoms with E-state index < -0.39 is 0 Å². The third kappa shape index (κ3) is 3.91. The highest BCUT2D eigenvalue weighted by Crippen LogP contribution is 2.27. The molecule has 2 aromatic rings. The van der Waals surface area contributed by atoms with Crippen molar-refractivity contribution in [1.82, 2.24) is 15.0 Å². The van der Waals surface area contributed by atoms with Gasteiger partial charge in [-0.1, -0.05) is 49.3 Å². The number of carbonyl (C=O) groups is 1. The van der Waals surface area contributed by atoms with Gasteiger partial charge in [-0.15, -0.1) is 0 Å². The Morgan fingerprint density at radius 1 is 1.33 bits per heavy atom. The highest BCUT2D eigenvalue weighted by molar-refractivity contribution is 5.91. The molecule has 24 heavy (non-hydrogen) atoms. The molecule has 1 aliphatic heterocycles. The van der Waals surface area contributed by atoms with E-state index in [1.54, 1.807) is 6.08 Å². The molecule has 2 heterocycles. The highest BCUT2D eigenvalue weighted by atomic mass is 16.5. The van der Waals surface area contributed by atoms with Crippen LogP contribution in [0, 0.1) is 0 Å². The van der Waals surface area contributed by atoms with Crippen molar-refractivity contribution in [2.75, 3.05) is 13.1 Å². The molecule has 0 saturated carbocycles. The molecule has 1 aromatic carbocycles. The quantitative estimate of drug-likeness (QED) is 0.806. The summed E-state index contributed by atoms with van der Waals surface area (Å²) >= 11 is 0. The van der Waals surface area contributed by atoms with E-state index in [0.29, 0.717) is 12.4 Å². The Balaban J connectivity index is 1.64. The Hall–Kier alpha value is -2.43. The maximum atomic E-state index is 12.4. The molecule has 0 unspecified atom stereocenters. The molecule has 1 atom stereocenters. The van der Waals surface area contributed by atoms with Gasteiger partial charge in [0.25, 0.3) is 0 Å². The number of hydrogen-bond donors (Lipinski definition) is 0. The SMILES string of the molecule is CC(C)c1noc([C@H]2CCCN(C(=O)/C=C/c3ccccc3)C2)n1. The van der Waals surface area contributed by atoms with Crippen LogP contribution in [0.15, 0.2) is 40.9 Å². The average Bonchev–Trinajstić information content (AvgIpc) is 3.11. The normalized spacial score (nSPS) is 18.5. The van der Waals surface area contributed by atoms with Gasteiger partial charge >= 0.3 is 0 Å². The Bertz CT molecular complexity index is 706. The van der Waals surface area contributed by atoms with Gasteiger partial charge in [0.05, 0.1) is 5.92 Å². The minimum absolute atomic E-state index is 0.0344. The molecule has 5 heteroatoms. The van der Waals surface area contributed by atoms with Crippen molar-refractivity contribution in [3.63, 3.8) is 0 Å². The number of hydrogen-bond acceptors (Lipinski definition) is 4. The van der Waals surface area contributed by atoms with E-state index in [1.165, 1.54) is 0 Å². The van der Waals surface area contributed by atoms with E-state index in [0.717, 1.165) is 30.8 Å². The number of piperidine rings is 1. The van der Waals surface area contributed by atoms with Crippen molar-refractivity contribution in [3.05, 3.63) is 53.7 Å². The molecule has 1 aromatic heterocycles. The molecule has 1 aliphatic rings. The Kier molecular flexibility index (Phi) is 5.08. The summed E-state index contributed by atoms with van der Waals surface area (Å²) in [4.78, 5) is 18.8. The lowest BCUT2D eigenvalue weighted by Crippen LogP contribution is -2.38. The fourth-order valence-electron chi connectivity index (χ4n) is 2.86. The number of carbonyl (C=O) groups excluding carboxylic acids is 1. The van der Waals surface area contributed by atoms with Crippen molar-refractivity contribution >= 4 is 12.0 Å². The first-order valence-electron chi connectivity index (χ1n) is 8.49. The second kappa shape index (κ2) is 7.43. The summed E-state index contributed by atoms with van der Waals surface area (Å²) in [7, 11) is 0. The van der Waals surface area contributed by atoms with E-state index in [1.807, 2.05) is 55.2 Å². The molecular weight excluding hydrogens is 302 g/mol. The van der Waals surface area contributed by atoms with Gasteiger partial charge in [-0.3, -0.25) is 4.79 Å². The molecule has 0 aliphatic carbocycles. The predicted octanol–water partition coefficient (Wildman–Crippen LogP) is 3.61. The van der Waals surface area contributed by atoms with Gasteiger partial charge in [0.15, 0.2) is 5.82 Å². The number of amides is 1. The summed E-state index contributed by atoms with van der Waals surface area (Å²) < 4.78 is 5.41. The van der Waals surface area contributed by atoms with Crippen molar-refractivity contribution in [1.29, 1.82) is 0 Å². The lowest BCUT2D eigenvalue weighted by atomic mass is 9.98. The van der Waals surface area contributed by atoms with Crippen LogP contribution in [-0.4, -0.2) is 34.0 Å². The zero-order valence-corrected chi connectivity index (χ0v) is 14.2. The van der Waals surface area contributed by atoms with Gasteiger partial charge in [-0.2, -0.15) is 4.98 Å². The number of nitrogens with zero attached hydrogens (tertiary/aromatic N) is 3. The standard InChI is InChI=1S/C19H23N3O2/c1-14(2)18-20-19(24-21-18)16-9-6-12-22(13-16)17(23)11-10-15-7-4-3-5-8-15/h3-5,7-8,10-11,14,16H,6,9,12-13H2,1-2H3/b11-10+/t16-/m0/s1. The monoisotopic (exact) mass is 325 g/mol. The highest BCUT2D eigenvalue weighted by Gasteiger charge is 2.28. The van der Waals surface area contributed by atoms with Crippen LogP contribution in [0.2, 0.25) is 0 Å². The molecule has 0 N–H and O–H groups in total. The van der Waals surface area contributed by atoms with Crippen LogP contribution in [0.1, 0.15) is 55.8 Å². The maximum absolute atomic E-state index is 12.4. The van der Waals surface area contributed by atoms with Crippen LogP contribution in [0.5, 0.6) is 0 Å². The molecule has 1 fully saturated rings. The fraction of sp³-hybridized carbons (Fsp3) is 0.421. The summed E-state index contributed by atoms with van der Waals surface area (Å²) in [6.45, 7) is 5.50. The zero-order chi connectivity index (χ0) is 16.9. The van der Waals surface area contributed by atoms with Crippen LogP contribution in [-0.2, 0) is 4.79 Å². The third-order valence-corrected chi connectivity index (χ3v) is 4.27. The van der Waals surface area contributed by atoms with E-state index in [-0.39, 0.29) is 17.7 Å². The van der Waals surface area contributed by atoms with Gasteiger partial charge in [0.1, 0.15) is 0 Å². The summed E-state index contributed by atoms with van der Waals surface area (Å²) in [6, 6.07) is 9.85. The number of aromatic nitrogens is 2. The predicted molar refractivity (Wildman–Crippen MR) is 92.4 cm³/mol. The third-order valence-electron chi connectivity index (χ3n) is 4.27. The Morgan fingerprint density at radius 2 is 2.12 bits per heavy atom. The molecule has 0 bridgehead atoms. The van der Waals surface area contributed by atoms with Gasteiger partial charge in [0.2, 0.25) is 11.8 Å². The fourth-order valence-corrected chi connectivity index (χ4v) is 2.86. The van der Waals surface area contributed by atoms with Crippen LogP contribution >= 0.6 is 0 Å². The minimum Gasteiger partial charge on any atom is -0.339 e. The molecule has 1 amide bonds. The molecule has 0 radical (unpaired) electrons. The van der Waals surface area contributed by atoms with Gasteiger partial charge < -0.3 is 9.42 Å². The number of likely N-dealkylation sites (tertiary alicyclic amines) is 1. The van der Waals surface area contributed by atoms with Gasteiger partial charge in [-0.05, 0) is 24.5 Å². The first kappa shape index (κ1) is 16.4. The summed E-state index contributed by atoms with van der Waals surface area (Å²) in [5.74, 6) is 1.80. The van der Waals surface area contributed by atoms with Crippen molar-refractivity contribution in [2.45, 2.75) is 38.5 Å². The second-order valence-corrected chi connectivity index (χ2v) is 6.51. The van der Waals surface area contributed by atoms with E-state index in [4.69, 9.17) is 4.52 Å². The summed E-state index contributed by atoms with van der Waals surface area (Å²) in [5, 5.41) is 4.03. The van der Waals surface area contributed by atoms with Gasteiger partial charge in [0, 0.05) is 25.1 Å². The largest absolute Gasteiger partial charge is 0.339 e. The van der Waals surface area contributed by atoms with E-state index in [2.05, 4.69) is 10.1 Å². The van der Waals surface area contributed by atoms with E-state index >= 15 is 0 Å². The van der Waals surface area contributed by atoms with E-state index in [9.17, 15) is 4.79 Å². The van der Waals surface area contributed by atoms with Crippen molar-refractivity contribution in [2.24, 2.45) is 0 Å². The Morgan fingerprint density at radius 3 is 2.83 bits per heavy atom. The molecule has 0 spiro atoms. The minimum atomic E-state index is 0.0344. The lowest BCUT2D eigenvalue weighted by molar-refractivity contribution is -0.127. The van der Waals surface area contributed by atoms with Crippen molar-refractivity contribution < 1.29 is 9.32 Å². The number of benzene rings is 1. The lowest BCUT2D eigenvalue weighted by Gasteiger charge is -2.30. The molecule has 3 rings (SSSR count). The molecule has 5 nitrogen and oxygen atoms in total. The topological polar surface area (TPSA) is 59.2 Å². The average molecular weight is 325 g/mol. The first-order valence-corrected chi connectivity index (χ1v) is 8.49. The second-order valence-electron chi connectivity index (χ2n) is 6.51. The summed E-state index contributed by atoms with van der Waals surface area (Å²) in [6.07, 6.45) is 5.43. The molecule has 126 valence electrons.